The molecule has 0 unspecified atom stereocenters. The van der Waals surface area contributed by atoms with Crippen LogP contribution in [0.25, 0.3) is 21.9 Å². The number of imidazole rings is 1. The van der Waals surface area contributed by atoms with E-state index in [4.69, 9.17) is 48.0 Å². The van der Waals surface area contributed by atoms with Gasteiger partial charge in [0.1, 0.15) is 17.9 Å². The van der Waals surface area contributed by atoms with Gasteiger partial charge in [-0.2, -0.15) is 0 Å². The van der Waals surface area contributed by atoms with E-state index in [0.717, 1.165) is 5.39 Å². The second kappa shape index (κ2) is 13.9. The van der Waals surface area contributed by atoms with Crippen molar-refractivity contribution in [3.63, 3.8) is 0 Å². The largest absolute Gasteiger partial charge is 0.510 e. The molecule has 43 heavy (non-hydrogen) atoms. The van der Waals surface area contributed by atoms with Gasteiger partial charge in [-0.15, -0.1) is 0 Å². The second-order valence-electron chi connectivity index (χ2n) is 10.3. The van der Waals surface area contributed by atoms with Gasteiger partial charge in [-0.25, -0.2) is 33.2 Å². The lowest BCUT2D eigenvalue weighted by atomic mass is 10.2. The number of carbonyl (C=O) groups excluding carboxylic acids is 2. The molecule has 0 bridgehead atoms. The van der Waals surface area contributed by atoms with Crippen molar-refractivity contribution in [2.75, 3.05) is 25.9 Å². The summed E-state index contributed by atoms with van der Waals surface area (Å²) >= 11 is 0. The summed E-state index contributed by atoms with van der Waals surface area (Å²) in [6.07, 6.45) is -2.02. The second-order valence-corrected chi connectivity index (χ2v) is 11.9. The van der Waals surface area contributed by atoms with Crippen molar-refractivity contribution >= 4 is 47.9 Å². The number of benzene rings is 1. The predicted molar refractivity (Wildman–Crippen MR) is 153 cm³/mol. The fourth-order valence-electron chi connectivity index (χ4n) is 4.14. The Labute approximate surface area is 248 Å². The Hall–Kier alpha value is -3.49. The van der Waals surface area contributed by atoms with Crippen LogP contribution in [-0.4, -0.2) is 64.8 Å². The SMILES string of the molecule is CCOCc1nc2c(N)nc3ccccc3c2n1CC1(OP(=O)(OCOC(=O)OC(C)C)OCOC(=O)OC(C)C)CC1. The first-order valence-electron chi connectivity index (χ1n) is 13.8. The van der Waals surface area contributed by atoms with E-state index in [0.29, 0.717) is 41.8 Å². The zero-order chi connectivity index (χ0) is 31.2. The van der Waals surface area contributed by atoms with Crippen molar-refractivity contribution < 1.29 is 51.4 Å². The summed E-state index contributed by atoms with van der Waals surface area (Å²) in [4.78, 5) is 32.8. The highest BCUT2D eigenvalue weighted by molar-refractivity contribution is 7.48. The Morgan fingerprint density at radius 1 is 1.00 bits per heavy atom. The van der Waals surface area contributed by atoms with Gasteiger partial charge in [0.25, 0.3) is 0 Å². The normalized spacial score (nSPS) is 14.4. The molecule has 0 aliphatic heterocycles. The number of aromatic nitrogens is 3. The van der Waals surface area contributed by atoms with Crippen LogP contribution in [0.5, 0.6) is 0 Å². The average Bonchev–Trinajstić information content (AvgIpc) is 3.57. The molecule has 1 aliphatic rings. The van der Waals surface area contributed by atoms with E-state index in [1.54, 1.807) is 27.7 Å². The van der Waals surface area contributed by atoms with Gasteiger partial charge in [-0.3, -0.25) is 4.52 Å². The van der Waals surface area contributed by atoms with Crippen molar-refractivity contribution in [1.82, 2.24) is 14.5 Å². The van der Waals surface area contributed by atoms with Crippen molar-refractivity contribution in [3.8, 4) is 0 Å². The van der Waals surface area contributed by atoms with Crippen molar-refractivity contribution in [2.45, 2.75) is 78.4 Å². The minimum absolute atomic E-state index is 0.169. The lowest BCUT2D eigenvalue weighted by Gasteiger charge is -2.25. The summed E-state index contributed by atoms with van der Waals surface area (Å²) in [5, 5.41) is 0.808. The number of anilines is 1. The number of rotatable bonds is 15. The van der Waals surface area contributed by atoms with Crippen LogP contribution in [0.15, 0.2) is 24.3 Å². The third-order valence-corrected chi connectivity index (χ3v) is 7.58. The smallest absolute Gasteiger partial charge is 0.432 e. The summed E-state index contributed by atoms with van der Waals surface area (Å²) in [6.45, 7) is 7.58. The summed E-state index contributed by atoms with van der Waals surface area (Å²) in [7, 11) is -4.50. The third-order valence-electron chi connectivity index (χ3n) is 6.12. The molecule has 3 aromatic rings. The molecule has 0 amide bonds. The van der Waals surface area contributed by atoms with Crippen LogP contribution in [-0.2, 0) is 55.0 Å². The van der Waals surface area contributed by atoms with Gasteiger partial charge in [0.05, 0.1) is 35.4 Å². The molecule has 0 saturated heterocycles. The highest BCUT2D eigenvalue weighted by Gasteiger charge is 2.52. The first-order valence-corrected chi connectivity index (χ1v) is 15.3. The van der Waals surface area contributed by atoms with E-state index in [1.165, 1.54) is 0 Å². The van der Waals surface area contributed by atoms with Crippen LogP contribution >= 0.6 is 7.82 Å². The molecule has 0 atom stereocenters. The minimum Gasteiger partial charge on any atom is -0.432 e. The molecule has 236 valence electrons. The van der Waals surface area contributed by atoms with Crippen LogP contribution in [0.3, 0.4) is 0 Å². The summed E-state index contributed by atoms with van der Waals surface area (Å²) < 4.78 is 57.4. The van der Waals surface area contributed by atoms with Crippen LogP contribution in [0.1, 0.15) is 53.3 Å². The van der Waals surface area contributed by atoms with Crippen LogP contribution < -0.4 is 5.73 Å². The maximum absolute atomic E-state index is 13.8. The number of phosphoric acid groups is 1. The van der Waals surface area contributed by atoms with Gasteiger partial charge in [-0.05, 0) is 53.5 Å². The molecule has 2 aromatic heterocycles. The van der Waals surface area contributed by atoms with Crippen LogP contribution in [0.2, 0.25) is 0 Å². The van der Waals surface area contributed by atoms with Gasteiger partial charge in [0.2, 0.25) is 13.6 Å². The Balaban J connectivity index is 1.60. The lowest BCUT2D eigenvalue weighted by molar-refractivity contribution is -0.0536. The Kier molecular flexibility index (Phi) is 10.5. The number of phosphoric ester groups is 1. The molecule has 2 heterocycles. The Bertz CT molecular complexity index is 1460. The molecule has 4 rings (SSSR count). The number of hydrogen-bond acceptors (Lipinski definition) is 14. The van der Waals surface area contributed by atoms with E-state index in [1.807, 2.05) is 35.8 Å². The first-order chi connectivity index (χ1) is 20.4. The number of carbonyl (C=O) groups is 2. The van der Waals surface area contributed by atoms with Crippen LogP contribution in [0.4, 0.5) is 15.4 Å². The van der Waals surface area contributed by atoms with Gasteiger partial charge in [-0.1, -0.05) is 18.2 Å². The number of nitrogens with two attached hydrogens (primary N) is 1. The van der Waals surface area contributed by atoms with E-state index in [9.17, 15) is 14.2 Å². The molecule has 1 aliphatic carbocycles. The number of pyridine rings is 1. The number of nitrogen functional groups attached to an aromatic ring is 1. The molecule has 0 radical (unpaired) electrons. The van der Waals surface area contributed by atoms with E-state index >= 15 is 0 Å². The number of hydrogen-bond donors (Lipinski definition) is 1. The monoisotopic (exact) mass is 624 g/mol. The number of fused-ring (bicyclic) bond motifs is 3. The number of nitrogens with zero attached hydrogens (tertiary/aromatic N) is 3. The standard InChI is InChI=1S/C27H37N4O11P/c1-6-35-13-21-30-22-23(19-9-7-8-10-20(19)29-24(22)28)31(21)14-27(11-12-27)42-43(34,38-15-36-25(32)40-17(2)3)39-16-37-26(33)41-18(4)5/h7-10,17-18H,6,11-16H2,1-5H3,(H2,28,29). The minimum atomic E-state index is -4.50. The molecule has 0 spiro atoms. The fraction of sp³-hybridized carbons (Fsp3) is 0.556. The van der Waals surface area contributed by atoms with Gasteiger partial charge in [0, 0.05) is 12.0 Å². The maximum Gasteiger partial charge on any atom is 0.510 e. The molecule has 1 fully saturated rings. The molecular weight excluding hydrogens is 587 g/mol. The fourth-order valence-corrected chi connectivity index (χ4v) is 5.40. The molecular formula is C27H37N4O11P. The first kappa shape index (κ1) is 32.4. The predicted octanol–water partition coefficient (Wildman–Crippen LogP) is 5.43. The lowest BCUT2D eigenvalue weighted by Crippen LogP contribution is -2.24. The molecule has 1 saturated carbocycles. The van der Waals surface area contributed by atoms with Gasteiger partial charge in [0.15, 0.2) is 5.82 Å². The molecule has 16 heteroatoms. The average molecular weight is 625 g/mol. The quantitative estimate of drug-likeness (QED) is 0.128. The zero-order valence-corrected chi connectivity index (χ0v) is 25.7. The summed E-state index contributed by atoms with van der Waals surface area (Å²) in [6, 6.07) is 7.49. The molecule has 2 N–H and O–H groups in total. The molecule has 15 nitrogen and oxygen atoms in total. The van der Waals surface area contributed by atoms with E-state index < -0.39 is 51.5 Å². The molecule has 1 aromatic carbocycles. The maximum atomic E-state index is 13.8. The van der Waals surface area contributed by atoms with Crippen molar-refractivity contribution in [1.29, 1.82) is 0 Å². The summed E-state index contributed by atoms with van der Waals surface area (Å²) in [5.41, 5.74) is 7.13. The highest BCUT2D eigenvalue weighted by Crippen LogP contribution is 2.59. The zero-order valence-electron chi connectivity index (χ0n) is 24.8. The van der Waals surface area contributed by atoms with Gasteiger partial charge >= 0.3 is 20.1 Å². The van der Waals surface area contributed by atoms with Crippen molar-refractivity contribution in [2.24, 2.45) is 0 Å². The summed E-state index contributed by atoms with van der Waals surface area (Å²) in [5.74, 6) is 0.817. The third kappa shape index (κ3) is 8.54. The topological polar surface area (TPSA) is 182 Å². The number of ether oxygens (including phenoxy) is 5. The van der Waals surface area contributed by atoms with E-state index in [2.05, 4.69) is 4.98 Å². The highest BCUT2D eigenvalue weighted by atomic mass is 31.2. The Morgan fingerprint density at radius 3 is 2.16 bits per heavy atom. The Morgan fingerprint density at radius 2 is 1.60 bits per heavy atom. The number of para-hydroxylation sites is 1. The van der Waals surface area contributed by atoms with Crippen LogP contribution in [0, 0.1) is 0 Å². The van der Waals surface area contributed by atoms with E-state index in [-0.39, 0.29) is 19.0 Å². The van der Waals surface area contributed by atoms with Gasteiger partial charge < -0.3 is 34.0 Å². The van der Waals surface area contributed by atoms with Crippen molar-refractivity contribution in [3.05, 3.63) is 30.1 Å².